The highest BCUT2D eigenvalue weighted by atomic mass is 16.5. The molecule has 5 rings (SSSR count). The minimum absolute atomic E-state index is 0.0176. The molecule has 1 unspecified atom stereocenters. The molecule has 2 aromatic carbocycles. The molecule has 41 heavy (non-hydrogen) atoms. The number of fused-ring (bicyclic) bond motifs is 1. The lowest BCUT2D eigenvalue weighted by Crippen LogP contribution is -2.35. The Morgan fingerprint density at radius 2 is 1.83 bits per heavy atom. The van der Waals surface area contributed by atoms with Crippen molar-refractivity contribution >= 4 is 5.97 Å². The number of aromatic hydroxyl groups is 2. The van der Waals surface area contributed by atoms with E-state index >= 15 is 0 Å². The minimum atomic E-state index is -0.818. The summed E-state index contributed by atoms with van der Waals surface area (Å²) in [5.74, 6) is 1.68. The normalized spacial score (nSPS) is 15.9. The molecule has 3 N–H and O–H groups in total. The van der Waals surface area contributed by atoms with E-state index in [1.165, 1.54) is 36.0 Å². The monoisotopic (exact) mass is 564 g/mol. The standard InChI is InChI=1S/C32H40N2O7/c1-39-29-17-23(7-9-28(29)41-16-14-34-30(35)11-12-31(34)36)21-33(20-22-5-3-2-4-6-22)26(19-32(37)38)24-8-10-27-25(18-24)13-15-40-27/h7-12,17-18,22,26,35-36H,2-6,13-16,19-21H2,1H3,(H,37,38). The molecule has 0 radical (unpaired) electrons. The second-order valence-corrected chi connectivity index (χ2v) is 11.0. The van der Waals surface area contributed by atoms with Gasteiger partial charge in [-0.3, -0.25) is 14.3 Å². The summed E-state index contributed by atoms with van der Waals surface area (Å²) in [6.07, 6.45) is 6.89. The summed E-state index contributed by atoms with van der Waals surface area (Å²) >= 11 is 0. The summed E-state index contributed by atoms with van der Waals surface area (Å²) in [6, 6.07) is 14.5. The van der Waals surface area contributed by atoms with Gasteiger partial charge in [-0.15, -0.1) is 0 Å². The van der Waals surface area contributed by atoms with Crippen LogP contribution in [0.4, 0.5) is 0 Å². The first-order chi connectivity index (χ1) is 19.9. The number of hydrogen-bond acceptors (Lipinski definition) is 7. The number of carboxylic acids is 1. The van der Waals surface area contributed by atoms with Crippen molar-refractivity contribution < 1.29 is 34.3 Å². The Balaban J connectivity index is 1.37. The van der Waals surface area contributed by atoms with Gasteiger partial charge in [-0.25, -0.2) is 0 Å². The van der Waals surface area contributed by atoms with Crippen molar-refractivity contribution in [1.29, 1.82) is 0 Å². The Kier molecular flexibility index (Phi) is 9.24. The van der Waals surface area contributed by atoms with Gasteiger partial charge in [0.25, 0.3) is 0 Å². The van der Waals surface area contributed by atoms with Crippen molar-refractivity contribution in [2.24, 2.45) is 5.92 Å². The third kappa shape index (κ3) is 7.08. The molecule has 1 atom stereocenters. The van der Waals surface area contributed by atoms with E-state index in [2.05, 4.69) is 11.0 Å². The first-order valence-electron chi connectivity index (χ1n) is 14.5. The number of hydrogen-bond donors (Lipinski definition) is 3. The number of ether oxygens (including phenoxy) is 3. The second kappa shape index (κ2) is 13.2. The molecular weight excluding hydrogens is 524 g/mol. The summed E-state index contributed by atoms with van der Waals surface area (Å²) in [7, 11) is 1.59. The topological polar surface area (TPSA) is 114 Å². The summed E-state index contributed by atoms with van der Waals surface area (Å²) < 4.78 is 18.7. The maximum absolute atomic E-state index is 12.1. The molecule has 3 aromatic rings. The number of benzene rings is 2. The fraction of sp³-hybridized carbons (Fsp3) is 0.469. The number of rotatable bonds is 13. The van der Waals surface area contributed by atoms with Crippen LogP contribution in [0.1, 0.15) is 61.3 Å². The third-order valence-corrected chi connectivity index (χ3v) is 8.25. The number of aliphatic carboxylic acids is 1. The van der Waals surface area contributed by atoms with E-state index in [1.54, 1.807) is 7.11 Å². The molecule has 0 amide bonds. The fourth-order valence-corrected chi connectivity index (χ4v) is 6.13. The maximum atomic E-state index is 12.1. The smallest absolute Gasteiger partial charge is 0.305 e. The lowest BCUT2D eigenvalue weighted by atomic mass is 9.87. The molecule has 1 aliphatic heterocycles. The van der Waals surface area contributed by atoms with Crippen LogP contribution in [0.25, 0.3) is 0 Å². The van der Waals surface area contributed by atoms with Crippen molar-refractivity contribution in [3.05, 3.63) is 65.2 Å². The van der Waals surface area contributed by atoms with Crippen LogP contribution >= 0.6 is 0 Å². The van der Waals surface area contributed by atoms with Gasteiger partial charge in [0.15, 0.2) is 23.3 Å². The van der Waals surface area contributed by atoms with Gasteiger partial charge >= 0.3 is 5.97 Å². The lowest BCUT2D eigenvalue weighted by Gasteiger charge is -2.36. The van der Waals surface area contributed by atoms with Gasteiger partial charge in [-0.1, -0.05) is 37.5 Å². The zero-order valence-corrected chi connectivity index (χ0v) is 23.6. The Bertz CT molecular complexity index is 1310. The van der Waals surface area contributed by atoms with Crippen molar-refractivity contribution in [2.45, 2.75) is 64.1 Å². The molecule has 0 spiro atoms. The average Bonchev–Trinajstić information content (AvgIpc) is 3.58. The molecule has 1 saturated carbocycles. The summed E-state index contributed by atoms with van der Waals surface area (Å²) in [6.45, 7) is 2.56. The van der Waals surface area contributed by atoms with Gasteiger partial charge in [0, 0.05) is 37.7 Å². The van der Waals surface area contributed by atoms with Crippen LogP contribution in [0.2, 0.25) is 0 Å². The molecule has 1 aromatic heterocycles. The van der Waals surface area contributed by atoms with Crippen LogP contribution in [0.15, 0.2) is 48.5 Å². The Morgan fingerprint density at radius 3 is 2.56 bits per heavy atom. The first-order valence-corrected chi connectivity index (χ1v) is 14.5. The van der Waals surface area contributed by atoms with Gasteiger partial charge in [-0.05, 0) is 53.6 Å². The van der Waals surface area contributed by atoms with Gasteiger partial charge < -0.3 is 29.5 Å². The predicted octanol–water partition coefficient (Wildman–Crippen LogP) is 5.52. The predicted molar refractivity (Wildman–Crippen MR) is 154 cm³/mol. The van der Waals surface area contributed by atoms with E-state index < -0.39 is 5.97 Å². The molecule has 0 bridgehead atoms. The van der Waals surface area contributed by atoms with Gasteiger partial charge in [-0.2, -0.15) is 0 Å². The molecule has 9 heteroatoms. The Labute approximate surface area is 240 Å². The molecule has 1 fully saturated rings. The highest BCUT2D eigenvalue weighted by Gasteiger charge is 2.28. The van der Waals surface area contributed by atoms with Crippen LogP contribution in [0.3, 0.4) is 0 Å². The molecule has 220 valence electrons. The Morgan fingerprint density at radius 1 is 1.05 bits per heavy atom. The van der Waals surface area contributed by atoms with Crippen molar-refractivity contribution in [1.82, 2.24) is 9.47 Å². The van der Waals surface area contributed by atoms with E-state index in [-0.39, 0.29) is 37.4 Å². The quantitative estimate of drug-likeness (QED) is 0.249. The van der Waals surface area contributed by atoms with Gasteiger partial charge in [0.2, 0.25) is 0 Å². The number of carbonyl (C=O) groups is 1. The fourth-order valence-electron chi connectivity index (χ4n) is 6.13. The lowest BCUT2D eigenvalue weighted by molar-refractivity contribution is -0.138. The largest absolute Gasteiger partial charge is 0.494 e. The summed E-state index contributed by atoms with van der Waals surface area (Å²) in [5.41, 5.74) is 3.15. The van der Waals surface area contributed by atoms with Crippen LogP contribution in [-0.4, -0.2) is 57.6 Å². The summed E-state index contributed by atoms with van der Waals surface area (Å²) in [4.78, 5) is 14.4. The molecule has 2 aliphatic rings. The average molecular weight is 565 g/mol. The maximum Gasteiger partial charge on any atom is 0.305 e. The van der Waals surface area contributed by atoms with E-state index in [9.17, 15) is 20.1 Å². The zero-order valence-electron chi connectivity index (χ0n) is 23.6. The van der Waals surface area contributed by atoms with E-state index in [0.717, 1.165) is 48.2 Å². The molecule has 0 saturated heterocycles. The van der Waals surface area contributed by atoms with Crippen LogP contribution < -0.4 is 14.2 Å². The molecule has 2 heterocycles. The van der Waals surface area contributed by atoms with E-state index in [4.69, 9.17) is 14.2 Å². The molecule has 9 nitrogen and oxygen atoms in total. The molecule has 1 aliphatic carbocycles. The van der Waals surface area contributed by atoms with E-state index in [0.29, 0.717) is 30.6 Å². The SMILES string of the molecule is COc1cc(CN(CC2CCCCC2)C(CC(=O)O)c2ccc3c(c2)CCO3)ccc1OCCn1c(O)ccc1O. The van der Waals surface area contributed by atoms with Crippen molar-refractivity contribution in [2.75, 3.05) is 26.9 Å². The third-order valence-electron chi connectivity index (χ3n) is 8.25. The highest BCUT2D eigenvalue weighted by Crippen LogP contribution is 2.36. The minimum Gasteiger partial charge on any atom is -0.494 e. The number of carboxylic acid groups (broad SMARTS) is 1. The Hall–Kier alpha value is -3.85. The zero-order chi connectivity index (χ0) is 28.8. The van der Waals surface area contributed by atoms with Crippen LogP contribution in [0.5, 0.6) is 29.0 Å². The molecular formula is C32H40N2O7. The van der Waals surface area contributed by atoms with E-state index in [1.807, 2.05) is 30.3 Å². The van der Waals surface area contributed by atoms with Crippen molar-refractivity contribution in [3.63, 3.8) is 0 Å². The van der Waals surface area contributed by atoms with Crippen molar-refractivity contribution in [3.8, 4) is 29.0 Å². The number of aromatic nitrogens is 1. The number of methoxy groups -OCH3 is 1. The number of nitrogens with zero attached hydrogens (tertiary/aromatic N) is 2. The highest BCUT2D eigenvalue weighted by molar-refractivity contribution is 5.68. The summed E-state index contributed by atoms with van der Waals surface area (Å²) in [5, 5.41) is 29.7. The van der Waals surface area contributed by atoms with Gasteiger partial charge in [0.05, 0.1) is 26.7 Å². The second-order valence-electron chi connectivity index (χ2n) is 11.0. The first kappa shape index (κ1) is 28.7. The van der Waals surface area contributed by atoms with Gasteiger partial charge in [0.1, 0.15) is 12.4 Å². The van der Waals surface area contributed by atoms with Crippen LogP contribution in [0, 0.1) is 5.92 Å². The van der Waals surface area contributed by atoms with Crippen LogP contribution in [-0.2, 0) is 24.3 Å².